The van der Waals surface area contributed by atoms with Crippen LogP contribution in [0.15, 0.2) is 70.5 Å². The molecule has 1 unspecified atom stereocenters. The van der Waals surface area contributed by atoms with E-state index in [0.29, 0.717) is 6.42 Å². The minimum Gasteiger partial charge on any atom is -0.324 e. The van der Waals surface area contributed by atoms with E-state index in [2.05, 4.69) is 33.4 Å². The fraction of sp³-hybridized carbons (Fsp3) is 0.217. The van der Waals surface area contributed by atoms with Crippen molar-refractivity contribution in [2.75, 3.05) is 11.9 Å². The van der Waals surface area contributed by atoms with Crippen LogP contribution in [-0.2, 0) is 16.0 Å². The Balaban J connectivity index is 1.61. The summed E-state index contributed by atoms with van der Waals surface area (Å²) in [6.45, 7) is 0.0546. The molecule has 0 radical (unpaired) electrons. The molecule has 1 aliphatic heterocycles. The molecule has 0 spiro atoms. The normalized spacial score (nSPS) is 16.1. The van der Waals surface area contributed by atoms with Crippen LogP contribution >= 0.6 is 27.3 Å². The number of carbonyl (C=O) groups excluding carboxylic acids is 2. The van der Waals surface area contributed by atoms with Crippen molar-refractivity contribution in [3.05, 3.63) is 86.5 Å². The number of amides is 2. The van der Waals surface area contributed by atoms with Crippen LogP contribution in [0.25, 0.3) is 0 Å². The van der Waals surface area contributed by atoms with Crippen molar-refractivity contribution in [3.8, 4) is 0 Å². The van der Waals surface area contributed by atoms with Crippen LogP contribution in [0.5, 0.6) is 0 Å². The van der Waals surface area contributed by atoms with Crippen LogP contribution in [0.4, 0.5) is 5.69 Å². The van der Waals surface area contributed by atoms with E-state index in [9.17, 15) is 9.59 Å². The maximum atomic E-state index is 13.2. The largest absolute Gasteiger partial charge is 0.324 e. The minimum atomic E-state index is -0.273. The van der Waals surface area contributed by atoms with Gasteiger partial charge in [0, 0.05) is 27.0 Å². The Hall–Kier alpha value is -2.44. The smallest absolute Gasteiger partial charge is 0.244 e. The van der Waals surface area contributed by atoms with E-state index in [1.165, 1.54) is 5.56 Å². The van der Waals surface area contributed by atoms with Gasteiger partial charge in [-0.1, -0.05) is 52.3 Å². The first-order valence-electron chi connectivity index (χ1n) is 9.58. The van der Waals surface area contributed by atoms with Gasteiger partial charge in [-0.05, 0) is 48.1 Å². The van der Waals surface area contributed by atoms with Crippen molar-refractivity contribution in [2.45, 2.75) is 25.3 Å². The zero-order chi connectivity index (χ0) is 20.2. The van der Waals surface area contributed by atoms with Crippen LogP contribution in [0, 0.1) is 0 Å². The number of anilines is 1. The summed E-state index contributed by atoms with van der Waals surface area (Å²) >= 11 is 5.14. The predicted octanol–water partition coefficient (Wildman–Crippen LogP) is 5.40. The monoisotopic (exact) mass is 468 g/mol. The Kier molecular flexibility index (Phi) is 6.11. The van der Waals surface area contributed by atoms with Crippen LogP contribution in [-0.4, -0.2) is 23.3 Å². The summed E-state index contributed by atoms with van der Waals surface area (Å²) in [5.41, 5.74) is 2.92. The molecule has 0 bridgehead atoms. The summed E-state index contributed by atoms with van der Waals surface area (Å²) in [7, 11) is 0. The first-order valence-corrected chi connectivity index (χ1v) is 11.2. The molecule has 2 heterocycles. The number of hydrogen-bond donors (Lipinski definition) is 1. The first-order chi connectivity index (χ1) is 14.1. The summed E-state index contributed by atoms with van der Waals surface area (Å²) in [4.78, 5) is 28.5. The summed E-state index contributed by atoms with van der Waals surface area (Å²) in [6, 6.07) is 19.7. The van der Waals surface area contributed by atoms with Crippen molar-refractivity contribution in [1.82, 2.24) is 4.90 Å². The van der Waals surface area contributed by atoms with Gasteiger partial charge in [-0.15, -0.1) is 11.3 Å². The van der Waals surface area contributed by atoms with Gasteiger partial charge in [0.1, 0.15) is 6.54 Å². The molecule has 6 heteroatoms. The highest BCUT2D eigenvalue weighted by Gasteiger charge is 2.33. The van der Waals surface area contributed by atoms with Gasteiger partial charge >= 0.3 is 0 Å². The van der Waals surface area contributed by atoms with Crippen LogP contribution in [0.3, 0.4) is 0 Å². The quantitative estimate of drug-likeness (QED) is 0.544. The highest BCUT2D eigenvalue weighted by atomic mass is 79.9. The van der Waals surface area contributed by atoms with Crippen molar-refractivity contribution >= 4 is 44.8 Å². The molecule has 4 rings (SSSR count). The van der Waals surface area contributed by atoms with Gasteiger partial charge < -0.3 is 10.2 Å². The van der Waals surface area contributed by atoms with Crippen LogP contribution in [0.2, 0.25) is 0 Å². The molecule has 0 fully saturated rings. The van der Waals surface area contributed by atoms with Gasteiger partial charge in [0.05, 0.1) is 6.04 Å². The van der Waals surface area contributed by atoms with E-state index < -0.39 is 0 Å². The highest BCUT2D eigenvalue weighted by Crippen LogP contribution is 2.39. The summed E-state index contributed by atoms with van der Waals surface area (Å²) in [5, 5.41) is 4.96. The third-order valence-electron chi connectivity index (χ3n) is 5.04. The third kappa shape index (κ3) is 4.60. The Labute approximate surface area is 182 Å². The van der Waals surface area contributed by atoms with E-state index in [1.807, 2.05) is 53.9 Å². The van der Waals surface area contributed by atoms with Gasteiger partial charge in [0.15, 0.2) is 0 Å². The molecule has 4 nitrogen and oxygen atoms in total. The number of fused-ring (bicyclic) bond motifs is 1. The Morgan fingerprint density at radius 1 is 1.14 bits per heavy atom. The molecule has 3 aromatic rings. The lowest BCUT2D eigenvalue weighted by Crippen LogP contribution is -2.38. The van der Waals surface area contributed by atoms with Gasteiger partial charge in [-0.3, -0.25) is 9.59 Å². The second kappa shape index (κ2) is 8.93. The Bertz CT molecular complexity index is 1000. The lowest BCUT2D eigenvalue weighted by molar-refractivity contribution is -0.136. The molecule has 0 saturated heterocycles. The number of nitrogens with zero attached hydrogens (tertiary/aromatic N) is 1. The van der Waals surface area contributed by atoms with Crippen molar-refractivity contribution in [3.63, 3.8) is 0 Å². The van der Waals surface area contributed by atoms with Crippen molar-refractivity contribution < 1.29 is 9.59 Å². The standard InChI is InChI=1S/C23H21BrN2O2S/c24-17-11-12-19-18(14-17)23(20-9-5-13-29-20)26(15-21(27)25-19)22(28)10-4-8-16-6-2-1-3-7-16/h1-3,5-7,9,11-14,23H,4,8,10,15H2,(H,25,27). The van der Waals surface area contributed by atoms with E-state index in [4.69, 9.17) is 0 Å². The number of hydrogen-bond acceptors (Lipinski definition) is 3. The number of nitrogens with one attached hydrogen (secondary N) is 1. The van der Waals surface area contributed by atoms with Crippen molar-refractivity contribution in [2.24, 2.45) is 0 Å². The SMILES string of the molecule is O=C1CN(C(=O)CCCc2ccccc2)C(c2cccs2)c2cc(Br)ccc2N1. The Morgan fingerprint density at radius 2 is 1.97 bits per heavy atom. The van der Waals surface area contributed by atoms with Gasteiger partial charge in [-0.25, -0.2) is 0 Å². The molecule has 2 amide bonds. The molecule has 0 aliphatic carbocycles. The second-order valence-corrected chi connectivity index (χ2v) is 8.95. The zero-order valence-corrected chi connectivity index (χ0v) is 18.2. The third-order valence-corrected chi connectivity index (χ3v) is 6.46. The average molecular weight is 469 g/mol. The molecule has 29 heavy (non-hydrogen) atoms. The first kappa shape index (κ1) is 19.9. The lowest BCUT2D eigenvalue weighted by atomic mass is 10.0. The summed E-state index contributed by atoms with van der Waals surface area (Å²) in [5.74, 6) is -0.161. The predicted molar refractivity (Wildman–Crippen MR) is 120 cm³/mol. The number of carbonyl (C=O) groups is 2. The maximum absolute atomic E-state index is 13.2. The van der Waals surface area contributed by atoms with Gasteiger partial charge in [-0.2, -0.15) is 0 Å². The summed E-state index contributed by atoms with van der Waals surface area (Å²) < 4.78 is 0.922. The number of rotatable bonds is 5. The van der Waals surface area contributed by atoms with Crippen LogP contribution < -0.4 is 5.32 Å². The molecule has 1 aliphatic rings. The highest BCUT2D eigenvalue weighted by molar-refractivity contribution is 9.10. The van der Waals surface area contributed by atoms with Gasteiger partial charge in [0.25, 0.3) is 0 Å². The van der Waals surface area contributed by atoms with E-state index in [-0.39, 0.29) is 24.4 Å². The minimum absolute atomic E-state index is 0.00214. The molecule has 1 N–H and O–H groups in total. The maximum Gasteiger partial charge on any atom is 0.244 e. The van der Waals surface area contributed by atoms with E-state index in [1.54, 1.807) is 16.2 Å². The summed E-state index contributed by atoms with van der Waals surface area (Å²) in [6.07, 6.45) is 2.01. The molecule has 148 valence electrons. The van der Waals surface area contributed by atoms with Crippen LogP contribution in [0.1, 0.15) is 34.9 Å². The zero-order valence-electron chi connectivity index (χ0n) is 15.8. The molecule has 1 atom stereocenters. The number of aryl methyl sites for hydroxylation is 1. The van der Waals surface area contributed by atoms with Gasteiger partial charge in [0.2, 0.25) is 11.8 Å². The molecule has 2 aromatic carbocycles. The Morgan fingerprint density at radius 3 is 2.72 bits per heavy atom. The fourth-order valence-corrected chi connectivity index (χ4v) is 4.93. The lowest BCUT2D eigenvalue weighted by Gasteiger charge is -2.29. The van der Waals surface area contributed by atoms with Crippen molar-refractivity contribution in [1.29, 1.82) is 0 Å². The molecule has 1 aromatic heterocycles. The van der Waals surface area contributed by atoms with E-state index in [0.717, 1.165) is 33.4 Å². The number of thiophene rings is 1. The number of halogens is 1. The fourth-order valence-electron chi connectivity index (χ4n) is 3.70. The second-order valence-electron chi connectivity index (χ2n) is 7.06. The average Bonchev–Trinajstić information content (AvgIpc) is 3.20. The topological polar surface area (TPSA) is 49.4 Å². The van der Waals surface area contributed by atoms with E-state index >= 15 is 0 Å². The molecule has 0 saturated carbocycles. The molecular weight excluding hydrogens is 448 g/mol. The number of benzene rings is 2. The molecular formula is C23H21BrN2O2S.